The van der Waals surface area contributed by atoms with Gasteiger partial charge in [-0.25, -0.2) is 0 Å². The molecule has 0 unspecified atom stereocenters. The zero-order valence-corrected chi connectivity index (χ0v) is 21.9. The average molecular weight is 486 g/mol. The van der Waals surface area contributed by atoms with Crippen LogP contribution in [0.1, 0.15) is 20.8 Å². The second-order valence-corrected chi connectivity index (χ2v) is 12.6. The highest BCUT2D eigenvalue weighted by Gasteiger charge is 2.30. The van der Waals surface area contributed by atoms with Crippen molar-refractivity contribution in [1.82, 2.24) is 4.67 Å². The molecule has 0 aromatic heterocycles. The summed E-state index contributed by atoms with van der Waals surface area (Å²) in [6.07, 6.45) is 0. The number of rotatable bonds is 10. The molecule has 0 saturated heterocycles. The third kappa shape index (κ3) is 6.21. The van der Waals surface area contributed by atoms with Crippen molar-refractivity contribution in [3.8, 4) is 0 Å². The average Bonchev–Trinajstić information content (AvgIpc) is 2.89. The van der Waals surface area contributed by atoms with Crippen LogP contribution >= 0.6 is 16.2 Å². The predicted octanol–water partition coefficient (Wildman–Crippen LogP) is 6.20. The van der Waals surface area contributed by atoms with Crippen LogP contribution in [0.3, 0.4) is 0 Å². The first-order valence-corrected chi connectivity index (χ1v) is 14.4. The Labute approximate surface area is 207 Å². The lowest BCUT2D eigenvalue weighted by Gasteiger charge is -2.40. The standard InChI is InChI=1S/C30H33NOP2/c1-25(2)31(33(27-16-8-4-9-17-27)28-18-10-5-11-19-28)26(3)24-32-34(29-20-12-6-13-21-29)30-22-14-7-15-23-30/h4-23,25-26H,24H2,1-3H3/t26-/m1/s1. The molecule has 0 aliphatic rings. The first kappa shape index (κ1) is 24.8. The first-order valence-electron chi connectivity index (χ1n) is 11.9. The van der Waals surface area contributed by atoms with Gasteiger partial charge in [0.25, 0.3) is 0 Å². The van der Waals surface area contributed by atoms with E-state index >= 15 is 0 Å². The SMILES string of the molecule is CC(C)N([C@H](C)COP(c1ccccc1)c1ccccc1)P(c1ccccc1)c1ccccc1. The maximum atomic E-state index is 6.76. The Morgan fingerprint density at radius 1 is 0.559 bits per heavy atom. The monoisotopic (exact) mass is 485 g/mol. The fraction of sp³-hybridized carbons (Fsp3) is 0.200. The highest BCUT2D eigenvalue weighted by Crippen LogP contribution is 2.43. The lowest BCUT2D eigenvalue weighted by Crippen LogP contribution is -2.42. The maximum absolute atomic E-state index is 6.76. The van der Waals surface area contributed by atoms with Crippen molar-refractivity contribution >= 4 is 37.4 Å². The van der Waals surface area contributed by atoms with Crippen molar-refractivity contribution in [3.63, 3.8) is 0 Å². The highest BCUT2D eigenvalue weighted by molar-refractivity contribution is 7.70. The topological polar surface area (TPSA) is 12.5 Å². The molecule has 4 rings (SSSR count). The van der Waals surface area contributed by atoms with Gasteiger partial charge >= 0.3 is 0 Å². The van der Waals surface area contributed by atoms with Crippen LogP contribution in [0.5, 0.6) is 0 Å². The third-order valence-electron chi connectivity index (χ3n) is 5.64. The molecule has 4 aromatic carbocycles. The van der Waals surface area contributed by atoms with Gasteiger partial charge in [0, 0.05) is 30.8 Å². The summed E-state index contributed by atoms with van der Waals surface area (Å²) in [5.41, 5.74) is 0. The van der Waals surface area contributed by atoms with Gasteiger partial charge in [-0.15, -0.1) is 0 Å². The highest BCUT2D eigenvalue weighted by atomic mass is 31.1. The lowest BCUT2D eigenvalue weighted by molar-refractivity contribution is 0.218. The van der Waals surface area contributed by atoms with Crippen LogP contribution in [0, 0.1) is 0 Å². The fourth-order valence-corrected chi connectivity index (χ4v) is 8.69. The maximum Gasteiger partial charge on any atom is 0.0918 e. The van der Waals surface area contributed by atoms with E-state index in [0.717, 1.165) is 0 Å². The minimum absolute atomic E-state index is 0.254. The van der Waals surface area contributed by atoms with Gasteiger partial charge in [0.1, 0.15) is 0 Å². The summed E-state index contributed by atoms with van der Waals surface area (Å²) in [6.45, 7) is 7.58. The van der Waals surface area contributed by atoms with E-state index in [1.54, 1.807) is 0 Å². The molecule has 0 radical (unpaired) electrons. The van der Waals surface area contributed by atoms with E-state index in [1.807, 2.05) is 0 Å². The molecule has 0 N–H and O–H groups in total. The molecule has 4 heteroatoms. The first-order chi connectivity index (χ1) is 16.6. The van der Waals surface area contributed by atoms with Crippen LogP contribution < -0.4 is 21.2 Å². The largest absolute Gasteiger partial charge is 0.348 e. The summed E-state index contributed by atoms with van der Waals surface area (Å²) >= 11 is 0. The van der Waals surface area contributed by atoms with Gasteiger partial charge in [0.15, 0.2) is 0 Å². The van der Waals surface area contributed by atoms with Crippen LogP contribution in [-0.4, -0.2) is 23.4 Å². The Morgan fingerprint density at radius 3 is 1.26 bits per heavy atom. The molecule has 0 heterocycles. The fourth-order valence-electron chi connectivity index (χ4n) is 4.17. The lowest BCUT2D eigenvalue weighted by atomic mass is 10.3. The van der Waals surface area contributed by atoms with Crippen molar-refractivity contribution in [3.05, 3.63) is 121 Å². The second kappa shape index (κ2) is 12.4. The van der Waals surface area contributed by atoms with E-state index < -0.39 is 16.2 Å². The van der Waals surface area contributed by atoms with Gasteiger partial charge in [-0.2, -0.15) is 0 Å². The zero-order chi connectivity index (χ0) is 23.8. The van der Waals surface area contributed by atoms with Crippen molar-refractivity contribution in [1.29, 1.82) is 0 Å². The Hall–Kier alpha value is -2.34. The number of hydrogen-bond donors (Lipinski definition) is 0. The van der Waals surface area contributed by atoms with Crippen LogP contribution in [0.15, 0.2) is 121 Å². The normalized spacial score (nSPS) is 12.6. The number of benzene rings is 4. The van der Waals surface area contributed by atoms with Crippen LogP contribution in [0.4, 0.5) is 0 Å². The van der Waals surface area contributed by atoms with E-state index in [2.05, 4.69) is 147 Å². The Morgan fingerprint density at radius 2 is 0.912 bits per heavy atom. The van der Waals surface area contributed by atoms with Gasteiger partial charge in [-0.05, 0) is 31.4 Å². The van der Waals surface area contributed by atoms with E-state index in [9.17, 15) is 0 Å². The quantitative estimate of drug-likeness (QED) is 0.248. The summed E-state index contributed by atoms with van der Waals surface area (Å²) in [6, 6.07) is 43.8. The molecular weight excluding hydrogens is 452 g/mol. The minimum Gasteiger partial charge on any atom is -0.348 e. The molecule has 2 nitrogen and oxygen atoms in total. The van der Waals surface area contributed by atoms with Gasteiger partial charge in [0.2, 0.25) is 0 Å². The van der Waals surface area contributed by atoms with E-state index in [4.69, 9.17) is 4.52 Å². The van der Waals surface area contributed by atoms with Crippen molar-refractivity contribution < 1.29 is 4.52 Å². The molecule has 174 valence electrons. The summed E-state index contributed by atoms with van der Waals surface area (Å²) in [7, 11) is -1.55. The van der Waals surface area contributed by atoms with E-state index in [-0.39, 0.29) is 6.04 Å². The molecule has 4 aromatic rings. The molecular formula is C30H33NOP2. The molecule has 0 aliphatic carbocycles. The Balaban J connectivity index is 1.62. The van der Waals surface area contributed by atoms with Gasteiger partial charge < -0.3 is 4.52 Å². The van der Waals surface area contributed by atoms with Gasteiger partial charge in [-0.3, -0.25) is 4.67 Å². The van der Waals surface area contributed by atoms with Crippen LogP contribution in [0.25, 0.3) is 0 Å². The summed E-state index contributed by atoms with van der Waals surface area (Å²) in [5.74, 6) is 0. The van der Waals surface area contributed by atoms with Crippen molar-refractivity contribution in [2.24, 2.45) is 0 Å². The van der Waals surface area contributed by atoms with Crippen molar-refractivity contribution in [2.45, 2.75) is 32.9 Å². The van der Waals surface area contributed by atoms with Gasteiger partial charge in [0.05, 0.1) is 14.8 Å². The number of nitrogens with zero attached hydrogens (tertiary/aromatic N) is 1. The van der Waals surface area contributed by atoms with Crippen LogP contribution in [-0.2, 0) is 4.52 Å². The molecule has 1 atom stereocenters. The Bertz CT molecular complexity index is 1030. The van der Waals surface area contributed by atoms with Crippen LogP contribution in [0.2, 0.25) is 0 Å². The molecule has 34 heavy (non-hydrogen) atoms. The molecule has 0 aliphatic heterocycles. The Kier molecular flexibility index (Phi) is 9.03. The molecule has 0 bridgehead atoms. The van der Waals surface area contributed by atoms with E-state index in [1.165, 1.54) is 21.2 Å². The predicted molar refractivity (Wildman–Crippen MR) is 151 cm³/mol. The zero-order valence-electron chi connectivity index (χ0n) is 20.2. The molecule has 0 fully saturated rings. The number of hydrogen-bond acceptors (Lipinski definition) is 2. The molecule has 0 spiro atoms. The summed E-state index contributed by atoms with van der Waals surface area (Å²) in [4.78, 5) is 0. The van der Waals surface area contributed by atoms with Crippen molar-refractivity contribution in [2.75, 3.05) is 6.61 Å². The van der Waals surface area contributed by atoms with Gasteiger partial charge in [-0.1, -0.05) is 121 Å². The molecule has 0 saturated carbocycles. The third-order valence-corrected chi connectivity index (χ3v) is 10.5. The smallest absolute Gasteiger partial charge is 0.0918 e. The minimum atomic E-state index is -0.875. The summed E-state index contributed by atoms with van der Waals surface area (Å²) in [5, 5.41) is 5.25. The molecule has 0 amide bonds. The van der Waals surface area contributed by atoms with E-state index in [0.29, 0.717) is 12.6 Å². The summed E-state index contributed by atoms with van der Waals surface area (Å²) < 4.78 is 9.42. The second-order valence-electron chi connectivity index (χ2n) is 8.57.